The molecule has 1 aliphatic carbocycles. The minimum Gasteiger partial charge on any atom is -0.341 e. The highest BCUT2D eigenvalue weighted by atomic mass is 35.5. The van der Waals surface area contributed by atoms with Gasteiger partial charge in [-0.2, -0.15) is 0 Å². The van der Waals surface area contributed by atoms with Crippen LogP contribution in [-0.2, 0) is 9.59 Å². The van der Waals surface area contributed by atoms with E-state index in [0.717, 1.165) is 24.2 Å². The van der Waals surface area contributed by atoms with Gasteiger partial charge in [-0.3, -0.25) is 14.5 Å². The van der Waals surface area contributed by atoms with E-state index in [9.17, 15) is 14.4 Å². The average molecular weight is 415 g/mol. The molecule has 1 unspecified atom stereocenters. The van der Waals surface area contributed by atoms with Gasteiger partial charge in [0.25, 0.3) is 5.91 Å². The lowest BCUT2D eigenvalue weighted by Gasteiger charge is -2.40. The van der Waals surface area contributed by atoms with Crippen LogP contribution in [0.1, 0.15) is 59.8 Å². The number of likely N-dealkylation sites (tertiary alicyclic amines) is 1. The minimum atomic E-state index is -0.810. The molecule has 0 aromatic heterocycles. The number of imide groups is 1. The van der Waals surface area contributed by atoms with Gasteiger partial charge in [0.05, 0.1) is 0 Å². The third-order valence-electron chi connectivity index (χ3n) is 7.01. The molecule has 2 saturated heterocycles. The van der Waals surface area contributed by atoms with Gasteiger partial charge in [-0.05, 0) is 55.4 Å². The van der Waals surface area contributed by atoms with Crippen LogP contribution in [0.15, 0.2) is 0 Å². The molecule has 3 fully saturated rings. The number of hydrogen-bond donors (Lipinski definition) is 2. The van der Waals surface area contributed by atoms with E-state index < -0.39 is 11.6 Å². The highest BCUT2D eigenvalue weighted by Crippen LogP contribution is 2.43. The molecule has 2 aliphatic heterocycles. The summed E-state index contributed by atoms with van der Waals surface area (Å²) >= 11 is 0. The van der Waals surface area contributed by atoms with Crippen LogP contribution in [0, 0.1) is 16.7 Å². The molecule has 0 aromatic rings. The van der Waals surface area contributed by atoms with Crippen molar-refractivity contribution in [2.24, 2.45) is 22.5 Å². The number of nitrogens with two attached hydrogens (primary N) is 1. The zero-order valence-electron chi connectivity index (χ0n) is 17.5. The van der Waals surface area contributed by atoms with Crippen molar-refractivity contribution in [1.82, 2.24) is 15.1 Å². The SMILES string of the molecule is CC1(CN)CCN(C(=O)CN2C(=O)NC3(CCC(C(C)(C)C)CC3)C2=O)C1.Cl. The fraction of sp³-hybridized carbons (Fsp3) is 0.850. The third-order valence-corrected chi connectivity index (χ3v) is 7.01. The smallest absolute Gasteiger partial charge is 0.325 e. The Bertz CT molecular complexity index is 640. The Hall–Kier alpha value is -1.34. The Morgan fingerprint density at radius 1 is 1.21 bits per heavy atom. The van der Waals surface area contributed by atoms with Crippen LogP contribution in [0.5, 0.6) is 0 Å². The molecular weight excluding hydrogens is 380 g/mol. The van der Waals surface area contributed by atoms with E-state index in [1.807, 2.05) is 0 Å². The standard InChI is InChI=1S/C20H34N4O3.ClH/c1-18(2,3)14-5-7-20(8-6-14)16(26)24(17(27)22-20)11-15(25)23-10-9-19(4,12-21)13-23;/h14H,5-13,21H2,1-4H3,(H,22,27);1H. The molecule has 0 radical (unpaired) electrons. The number of nitrogens with one attached hydrogen (secondary N) is 1. The van der Waals surface area contributed by atoms with Crippen LogP contribution in [0.2, 0.25) is 0 Å². The number of nitrogens with zero attached hydrogens (tertiary/aromatic N) is 2. The number of carbonyl (C=O) groups is 3. The van der Waals surface area contributed by atoms with Crippen molar-refractivity contribution in [3.8, 4) is 0 Å². The minimum absolute atomic E-state index is 0. The summed E-state index contributed by atoms with van der Waals surface area (Å²) in [5.74, 6) is 0.146. The molecule has 1 spiro atoms. The zero-order valence-corrected chi connectivity index (χ0v) is 18.4. The summed E-state index contributed by atoms with van der Waals surface area (Å²) in [6, 6.07) is -0.427. The molecule has 3 N–H and O–H groups in total. The Kier molecular flexibility index (Phi) is 6.41. The van der Waals surface area contributed by atoms with E-state index in [1.54, 1.807) is 4.90 Å². The van der Waals surface area contributed by atoms with Crippen LogP contribution in [0.25, 0.3) is 0 Å². The van der Waals surface area contributed by atoms with Crippen LogP contribution < -0.4 is 11.1 Å². The second kappa shape index (κ2) is 7.82. The molecular formula is C20H35ClN4O3. The molecule has 8 heteroatoms. The highest BCUT2D eigenvalue weighted by molar-refractivity contribution is 6.09. The average Bonchev–Trinajstić information content (AvgIpc) is 3.10. The Labute approximate surface area is 174 Å². The summed E-state index contributed by atoms with van der Waals surface area (Å²) in [5, 5.41) is 2.91. The number of amides is 4. The van der Waals surface area contributed by atoms with Gasteiger partial charge in [0, 0.05) is 13.1 Å². The van der Waals surface area contributed by atoms with E-state index in [-0.39, 0.29) is 41.6 Å². The summed E-state index contributed by atoms with van der Waals surface area (Å²) in [4.78, 5) is 41.0. The third kappa shape index (κ3) is 4.15. The van der Waals surface area contributed by atoms with Gasteiger partial charge in [-0.25, -0.2) is 4.79 Å². The molecule has 7 nitrogen and oxygen atoms in total. The van der Waals surface area contributed by atoms with Gasteiger partial charge in [-0.15, -0.1) is 12.4 Å². The Morgan fingerprint density at radius 2 is 1.82 bits per heavy atom. The van der Waals surface area contributed by atoms with Gasteiger partial charge in [0.1, 0.15) is 12.1 Å². The molecule has 160 valence electrons. The summed E-state index contributed by atoms with van der Waals surface area (Å²) < 4.78 is 0. The summed E-state index contributed by atoms with van der Waals surface area (Å²) in [6.45, 7) is 10.3. The van der Waals surface area contributed by atoms with E-state index in [4.69, 9.17) is 5.73 Å². The Balaban J connectivity index is 0.00000280. The summed E-state index contributed by atoms with van der Waals surface area (Å²) in [5.41, 5.74) is 5.13. The van der Waals surface area contributed by atoms with E-state index in [2.05, 4.69) is 33.0 Å². The van der Waals surface area contributed by atoms with Crippen molar-refractivity contribution in [3.63, 3.8) is 0 Å². The molecule has 1 atom stereocenters. The van der Waals surface area contributed by atoms with E-state index in [1.165, 1.54) is 0 Å². The molecule has 3 rings (SSSR count). The summed E-state index contributed by atoms with van der Waals surface area (Å²) in [7, 11) is 0. The maximum Gasteiger partial charge on any atom is 0.325 e. The Morgan fingerprint density at radius 3 is 2.32 bits per heavy atom. The zero-order chi connectivity index (χ0) is 20.0. The molecule has 0 aromatic carbocycles. The first-order valence-corrected chi connectivity index (χ1v) is 10.1. The van der Waals surface area contributed by atoms with Gasteiger partial charge in [0.15, 0.2) is 0 Å². The quantitative estimate of drug-likeness (QED) is 0.691. The normalized spacial score (nSPS) is 33.2. The topological polar surface area (TPSA) is 95.7 Å². The first kappa shape index (κ1) is 22.9. The van der Waals surface area contributed by atoms with Crippen molar-refractivity contribution < 1.29 is 14.4 Å². The fourth-order valence-corrected chi connectivity index (χ4v) is 4.77. The van der Waals surface area contributed by atoms with Crippen LogP contribution in [0.3, 0.4) is 0 Å². The molecule has 3 aliphatic rings. The van der Waals surface area contributed by atoms with Gasteiger partial charge >= 0.3 is 6.03 Å². The number of hydrogen-bond acceptors (Lipinski definition) is 4. The van der Waals surface area contributed by atoms with Crippen molar-refractivity contribution >= 4 is 30.3 Å². The van der Waals surface area contributed by atoms with Crippen molar-refractivity contribution in [2.45, 2.75) is 65.3 Å². The molecule has 0 bridgehead atoms. The van der Waals surface area contributed by atoms with Crippen molar-refractivity contribution in [2.75, 3.05) is 26.2 Å². The fourth-order valence-electron chi connectivity index (χ4n) is 4.77. The van der Waals surface area contributed by atoms with E-state index >= 15 is 0 Å². The summed E-state index contributed by atoms with van der Waals surface area (Å²) in [6.07, 6.45) is 3.99. The lowest BCUT2D eigenvalue weighted by Crippen LogP contribution is -2.51. The van der Waals surface area contributed by atoms with Crippen LogP contribution in [0.4, 0.5) is 4.79 Å². The number of urea groups is 1. The second-order valence-electron chi connectivity index (χ2n) is 10.1. The highest BCUT2D eigenvalue weighted by Gasteiger charge is 2.54. The van der Waals surface area contributed by atoms with Gasteiger partial charge < -0.3 is 16.0 Å². The van der Waals surface area contributed by atoms with Crippen LogP contribution >= 0.6 is 12.4 Å². The van der Waals surface area contributed by atoms with Crippen molar-refractivity contribution in [1.29, 1.82) is 0 Å². The lowest BCUT2D eigenvalue weighted by atomic mass is 9.67. The number of carbonyl (C=O) groups excluding carboxylic acids is 3. The number of halogens is 1. The molecule has 28 heavy (non-hydrogen) atoms. The van der Waals surface area contributed by atoms with E-state index in [0.29, 0.717) is 38.4 Å². The van der Waals surface area contributed by atoms with Gasteiger partial charge in [0.2, 0.25) is 5.91 Å². The maximum atomic E-state index is 13.0. The van der Waals surface area contributed by atoms with Gasteiger partial charge in [-0.1, -0.05) is 27.7 Å². The number of rotatable bonds is 3. The first-order chi connectivity index (χ1) is 12.5. The lowest BCUT2D eigenvalue weighted by molar-refractivity contribution is -0.139. The molecule has 4 amide bonds. The predicted molar refractivity (Wildman–Crippen MR) is 110 cm³/mol. The van der Waals surface area contributed by atoms with Crippen LogP contribution in [-0.4, -0.2) is 59.4 Å². The van der Waals surface area contributed by atoms with Crippen molar-refractivity contribution in [3.05, 3.63) is 0 Å². The monoisotopic (exact) mass is 414 g/mol. The second-order valence-corrected chi connectivity index (χ2v) is 10.1. The maximum absolute atomic E-state index is 13.0. The predicted octanol–water partition coefficient (Wildman–Crippen LogP) is 2.13. The first-order valence-electron chi connectivity index (χ1n) is 10.1. The largest absolute Gasteiger partial charge is 0.341 e. The molecule has 1 saturated carbocycles. The molecule has 2 heterocycles.